The molecule has 0 fully saturated rings. The molecule has 0 amide bonds. The Kier molecular flexibility index (Phi) is 3.51. The second-order valence-corrected chi connectivity index (χ2v) is 13.5. The maximum absolute atomic E-state index is 13.7. The van der Waals surface area contributed by atoms with Gasteiger partial charge in [-0.1, -0.05) is 62.5 Å². The number of imidazole rings is 1. The van der Waals surface area contributed by atoms with E-state index in [1.54, 1.807) is 0 Å². The first kappa shape index (κ1) is 16.3. The molecule has 3 aromatic rings. The van der Waals surface area contributed by atoms with Crippen molar-refractivity contribution < 1.29 is 4.79 Å². The van der Waals surface area contributed by atoms with Crippen molar-refractivity contribution in [3.8, 4) is 11.4 Å². The number of carbonyl (C=O) groups excluding carboxylic acids is 1. The summed E-state index contributed by atoms with van der Waals surface area (Å²) in [6.07, 6.45) is 0. The molecule has 0 saturated carbocycles. The molecular formula is C21H24N2OSi. The Morgan fingerprint density at radius 3 is 2.52 bits per heavy atom. The molecule has 4 rings (SSSR count). The van der Waals surface area contributed by atoms with Crippen LogP contribution in [0.4, 0.5) is 0 Å². The number of para-hydroxylation sites is 2. The molecule has 0 spiro atoms. The van der Waals surface area contributed by atoms with Gasteiger partial charge in [0.1, 0.15) is 5.82 Å². The Morgan fingerprint density at radius 1 is 1.08 bits per heavy atom. The highest BCUT2D eigenvalue weighted by Gasteiger charge is 2.46. The molecule has 3 nitrogen and oxygen atoms in total. The topological polar surface area (TPSA) is 34.9 Å². The van der Waals surface area contributed by atoms with E-state index in [0.717, 1.165) is 34.0 Å². The Hall–Kier alpha value is -2.20. The molecule has 0 radical (unpaired) electrons. The van der Waals surface area contributed by atoms with Crippen LogP contribution in [0.5, 0.6) is 0 Å². The second kappa shape index (κ2) is 5.40. The van der Waals surface area contributed by atoms with Crippen LogP contribution < -0.4 is 0 Å². The van der Waals surface area contributed by atoms with Crippen LogP contribution in [0.25, 0.3) is 22.4 Å². The quantitative estimate of drug-likeness (QED) is 0.599. The van der Waals surface area contributed by atoms with E-state index >= 15 is 0 Å². The standard InChI is InChI=1S/C21H24N2OSi/c1-5-25(3,4)14-21(2)16-11-7-6-10-15(16)19-22-17-12-8-9-13-18(17)23(19)20(21)24/h6-13H,5,14H2,1-4H3. The summed E-state index contributed by atoms with van der Waals surface area (Å²) in [7, 11) is -1.47. The zero-order valence-electron chi connectivity index (χ0n) is 15.3. The van der Waals surface area contributed by atoms with Crippen LogP contribution in [-0.2, 0) is 5.41 Å². The van der Waals surface area contributed by atoms with E-state index in [2.05, 4.69) is 39.1 Å². The zero-order valence-corrected chi connectivity index (χ0v) is 16.3. The Labute approximate surface area is 149 Å². The highest BCUT2D eigenvalue weighted by Crippen LogP contribution is 2.45. The van der Waals surface area contributed by atoms with Gasteiger partial charge >= 0.3 is 0 Å². The molecule has 1 atom stereocenters. The molecule has 1 unspecified atom stereocenters. The molecule has 0 aliphatic carbocycles. The molecule has 0 bridgehead atoms. The lowest BCUT2D eigenvalue weighted by molar-refractivity contribution is 0.0822. The van der Waals surface area contributed by atoms with Gasteiger partial charge in [-0.25, -0.2) is 4.98 Å². The van der Waals surface area contributed by atoms with E-state index in [4.69, 9.17) is 4.98 Å². The highest BCUT2D eigenvalue weighted by atomic mass is 28.3. The number of aromatic nitrogens is 2. The number of hydrogen-bond acceptors (Lipinski definition) is 2. The van der Waals surface area contributed by atoms with Gasteiger partial charge in [0, 0.05) is 13.6 Å². The number of rotatable bonds is 3. The molecule has 1 aliphatic heterocycles. The Morgan fingerprint density at radius 2 is 1.76 bits per heavy atom. The normalized spacial score (nSPS) is 19.8. The number of benzene rings is 2. The average molecular weight is 349 g/mol. The average Bonchev–Trinajstić information content (AvgIpc) is 2.99. The molecule has 1 aromatic heterocycles. The molecule has 1 aliphatic rings. The Balaban J connectivity index is 2.03. The molecule has 2 aromatic carbocycles. The van der Waals surface area contributed by atoms with Crippen LogP contribution >= 0.6 is 0 Å². The largest absolute Gasteiger partial charge is 0.273 e. The van der Waals surface area contributed by atoms with Gasteiger partial charge in [0.15, 0.2) is 0 Å². The molecule has 128 valence electrons. The summed E-state index contributed by atoms with van der Waals surface area (Å²) in [6.45, 7) is 9.16. The van der Waals surface area contributed by atoms with Crippen LogP contribution in [-0.4, -0.2) is 23.5 Å². The van der Waals surface area contributed by atoms with Crippen molar-refractivity contribution in [3.63, 3.8) is 0 Å². The number of nitrogens with zero attached hydrogens (tertiary/aromatic N) is 2. The second-order valence-electron chi connectivity index (χ2n) is 8.14. The summed E-state index contributed by atoms with van der Waals surface area (Å²) in [4.78, 5) is 18.5. The van der Waals surface area contributed by atoms with Crippen molar-refractivity contribution in [2.75, 3.05) is 0 Å². The van der Waals surface area contributed by atoms with Crippen LogP contribution in [0, 0.1) is 0 Å². The van der Waals surface area contributed by atoms with E-state index in [1.165, 1.54) is 6.04 Å². The van der Waals surface area contributed by atoms with Crippen molar-refractivity contribution in [3.05, 3.63) is 54.1 Å². The maximum Gasteiger partial charge on any atom is 0.242 e. The minimum Gasteiger partial charge on any atom is -0.273 e. The van der Waals surface area contributed by atoms with Gasteiger partial charge in [-0.15, -0.1) is 0 Å². The summed E-state index contributed by atoms with van der Waals surface area (Å²) >= 11 is 0. The SMILES string of the molecule is CC[Si](C)(C)CC1(C)C(=O)n2c(nc3ccccc32)-c2ccccc21. The van der Waals surface area contributed by atoms with E-state index in [9.17, 15) is 4.79 Å². The summed E-state index contributed by atoms with van der Waals surface area (Å²) < 4.78 is 1.86. The molecular weight excluding hydrogens is 324 g/mol. The van der Waals surface area contributed by atoms with Gasteiger partial charge in [-0.05, 0) is 30.7 Å². The van der Waals surface area contributed by atoms with Crippen molar-refractivity contribution in [1.82, 2.24) is 9.55 Å². The van der Waals surface area contributed by atoms with Crippen molar-refractivity contribution in [1.29, 1.82) is 0 Å². The van der Waals surface area contributed by atoms with E-state index in [1.807, 2.05) is 41.0 Å². The van der Waals surface area contributed by atoms with Gasteiger partial charge in [-0.2, -0.15) is 0 Å². The number of hydrogen-bond donors (Lipinski definition) is 0. The van der Waals surface area contributed by atoms with Gasteiger partial charge in [-0.3, -0.25) is 9.36 Å². The first-order valence-corrected chi connectivity index (χ1v) is 12.4. The molecule has 4 heteroatoms. The number of fused-ring (bicyclic) bond motifs is 5. The lowest BCUT2D eigenvalue weighted by atomic mass is 9.78. The van der Waals surface area contributed by atoms with E-state index in [-0.39, 0.29) is 5.91 Å². The minimum atomic E-state index is -1.47. The smallest absolute Gasteiger partial charge is 0.242 e. The molecule has 2 heterocycles. The third-order valence-corrected chi connectivity index (χ3v) is 9.37. The predicted octanol–water partition coefficient (Wildman–Crippen LogP) is 5.34. The van der Waals surface area contributed by atoms with Crippen LogP contribution in [0.15, 0.2) is 48.5 Å². The van der Waals surface area contributed by atoms with Gasteiger partial charge in [0.25, 0.3) is 0 Å². The lowest BCUT2D eigenvalue weighted by Crippen LogP contribution is -2.46. The summed E-state index contributed by atoms with van der Waals surface area (Å²) in [6, 6.07) is 18.4. The third kappa shape index (κ3) is 2.31. The fourth-order valence-corrected chi connectivity index (χ4v) is 6.69. The van der Waals surface area contributed by atoms with Gasteiger partial charge in [0.2, 0.25) is 5.91 Å². The first-order valence-electron chi connectivity index (χ1n) is 8.99. The summed E-state index contributed by atoms with van der Waals surface area (Å²) in [5, 5.41) is 0. The first-order chi connectivity index (χ1) is 11.9. The third-order valence-electron chi connectivity index (χ3n) is 5.79. The van der Waals surface area contributed by atoms with Crippen LogP contribution in [0.3, 0.4) is 0 Å². The van der Waals surface area contributed by atoms with Gasteiger partial charge in [0.05, 0.1) is 16.4 Å². The lowest BCUT2D eigenvalue weighted by Gasteiger charge is -2.39. The maximum atomic E-state index is 13.7. The molecule has 0 saturated heterocycles. The van der Waals surface area contributed by atoms with Crippen LogP contribution in [0.2, 0.25) is 25.2 Å². The van der Waals surface area contributed by atoms with Gasteiger partial charge < -0.3 is 0 Å². The zero-order chi connectivity index (χ0) is 17.8. The van der Waals surface area contributed by atoms with E-state index < -0.39 is 13.5 Å². The minimum absolute atomic E-state index is 0.170. The number of carbonyl (C=O) groups is 1. The Bertz CT molecular complexity index is 988. The van der Waals surface area contributed by atoms with Crippen molar-refractivity contribution in [2.45, 2.75) is 44.4 Å². The van der Waals surface area contributed by atoms with E-state index in [0.29, 0.717) is 0 Å². The fourth-order valence-electron chi connectivity index (χ4n) is 4.19. The van der Waals surface area contributed by atoms with Crippen LogP contribution in [0.1, 0.15) is 24.2 Å². The molecule has 25 heavy (non-hydrogen) atoms. The highest BCUT2D eigenvalue weighted by molar-refractivity contribution is 6.77. The molecule has 0 N–H and O–H groups in total. The van der Waals surface area contributed by atoms with Crippen molar-refractivity contribution >= 4 is 25.0 Å². The fraction of sp³-hybridized carbons (Fsp3) is 0.333. The predicted molar refractivity (Wildman–Crippen MR) is 106 cm³/mol. The van der Waals surface area contributed by atoms with Crippen molar-refractivity contribution in [2.24, 2.45) is 0 Å². The summed E-state index contributed by atoms with van der Waals surface area (Å²) in [5.41, 5.74) is 3.55. The summed E-state index contributed by atoms with van der Waals surface area (Å²) in [5.74, 6) is 0.958. The monoisotopic (exact) mass is 348 g/mol.